The molecule has 3 N–H and O–H groups in total. The maximum atomic E-state index is 14.9. The SMILES string of the molecule is C=CC1C[C@]1(NC(=O)[C@@H]1C[C@@H]2CN1C(=O)[C@H](C(C)(C)C)NC(=O)O[C@@H]1C[C@H]1CCCCCc1c(nc3ccccc3c1OC1CC3CCC(C1)N3CC)O2)C(=O)NS(=O)(=O)C1(C)CC1. The van der Waals surface area contributed by atoms with E-state index in [0.717, 1.165) is 73.7 Å². The number of fused-ring (bicyclic) bond motifs is 7. The summed E-state index contributed by atoms with van der Waals surface area (Å²) in [6.07, 6.45) is 10.3. The fraction of sp³-hybridized carbons (Fsp3) is 0.688. The van der Waals surface area contributed by atoms with Gasteiger partial charge in [0.05, 0.1) is 22.4 Å². The number of rotatable bonds is 9. The zero-order chi connectivity index (χ0) is 45.3. The Bertz CT molecular complexity index is 2300. The molecule has 3 aliphatic carbocycles. The number of sulfonamides is 1. The third-order valence-electron chi connectivity index (χ3n) is 15.4. The van der Waals surface area contributed by atoms with E-state index in [1.165, 1.54) is 23.8 Å². The Morgan fingerprint density at radius 3 is 2.44 bits per heavy atom. The molecule has 3 saturated heterocycles. The van der Waals surface area contributed by atoms with E-state index >= 15 is 0 Å². The molecule has 6 fully saturated rings. The van der Waals surface area contributed by atoms with E-state index in [4.69, 9.17) is 19.2 Å². The lowest BCUT2D eigenvalue weighted by molar-refractivity contribution is -0.142. The summed E-state index contributed by atoms with van der Waals surface area (Å²) in [4.78, 5) is 66.1. The molecule has 64 heavy (non-hydrogen) atoms. The molecule has 4 amide bonds. The summed E-state index contributed by atoms with van der Waals surface area (Å²) in [7, 11) is -4.01. The van der Waals surface area contributed by atoms with Crippen LogP contribution in [-0.2, 0) is 35.6 Å². The summed E-state index contributed by atoms with van der Waals surface area (Å²) in [5.41, 5.74) is -0.786. The van der Waals surface area contributed by atoms with Gasteiger partial charge in [0.25, 0.3) is 5.91 Å². The Morgan fingerprint density at radius 1 is 1.03 bits per heavy atom. The number of piperidine rings is 1. The van der Waals surface area contributed by atoms with E-state index in [1.54, 1.807) is 6.92 Å². The Hall–Kier alpha value is -4.44. The molecule has 3 saturated carbocycles. The molecular formula is C48H66N6O9S. The first-order valence-corrected chi connectivity index (χ1v) is 25.2. The Kier molecular flexibility index (Phi) is 11.7. The van der Waals surface area contributed by atoms with Crippen molar-refractivity contribution in [2.24, 2.45) is 17.3 Å². The highest BCUT2D eigenvalue weighted by Gasteiger charge is 2.63. The van der Waals surface area contributed by atoms with E-state index in [2.05, 4.69) is 39.8 Å². The predicted molar refractivity (Wildman–Crippen MR) is 240 cm³/mol. The third kappa shape index (κ3) is 8.57. The summed E-state index contributed by atoms with van der Waals surface area (Å²) < 4.78 is 47.6. The quantitative estimate of drug-likeness (QED) is 0.263. The van der Waals surface area contributed by atoms with Crippen LogP contribution in [0.2, 0.25) is 0 Å². The van der Waals surface area contributed by atoms with Crippen molar-refractivity contribution in [1.29, 1.82) is 0 Å². The van der Waals surface area contributed by atoms with E-state index in [9.17, 15) is 27.6 Å². The first-order chi connectivity index (χ1) is 30.4. The van der Waals surface area contributed by atoms with E-state index in [0.29, 0.717) is 37.2 Å². The summed E-state index contributed by atoms with van der Waals surface area (Å²) >= 11 is 0. The molecule has 2 aromatic rings. The molecular weight excluding hydrogens is 837 g/mol. The molecule has 4 aliphatic heterocycles. The van der Waals surface area contributed by atoms with Crippen molar-refractivity contribution in [3.05, 3.63) is 42.5 Å². The highest BCUT2D eigenvalue weighted by atomic mass is 32.2. The van der Waals surface area contributed by atoms with Crippen LogP contribution in [0.3, 0.4) is 0 Å². The average Bonchev–Trinajstić information content (AvgIpc) is 4.20. The Morgan fingerprint density at radius 2 is 1.77 bits per heavy atom. The summed E-state index contributed by atoms with van der Waals surface area (Å²) in [6, 6.07) is 6.69. The standard InChI is InChI=1S/C48H66N6O9S/c1-7-29-26-48(29,44(57)52-64(59,60)47(6)20-21-47)51-41(55)37-25-33-27-54(37)43(56)40(46(3,4)5)50-45(58)63-38-22-28(38)14-10-9-11-16-35-39(34-15-12-13-17-36(34)49-42(35)62-33)61-32-23-30-18-19-31(24-32)53(30)8-2/h7,12-13,15,17,28-33,37-38,40H,1,8-11,14,16,18-27H2,2-6H3,(H,50,58)(H,51,55)(H,52,57)/t28-,29?,30?,31?,32?,33-,37+,38-,40-,48-/m1/s1. The number of nitrogens with one attached hydrogen (secondary N) is 3. The number of carbonyl (C=O) groups excluding carboxylic acids is 4. The van der Waals surface area contributed by atoms with E-state index < -0.39 is 73.6 Å². The van der Waals surface area contributed by atoms with Crippen LogP contribution in [0.1, 0.15) is 124 Å². The molecule has 0 radical (unpaired) electrons. The monoisotopic (exact) mass is 902 g/mol. The van der Waals surface area contributed by atoms with Gasteiger partial charge in [-0.1, -0.05) is 58.7 Å². The van der Waals surface area contributed by atoms with Gasteiger partial charge >= 0.3 is 6.09 Å². The van der Waals surface area contributed by atoms with Crippen LogP contribution in [-0.4, -0.2) is 113 Å². The lowest BCUT2D eigenvalue weighted by atomic mass is 9.85. The van der Waals surface area contributed by atoms with Gasteiger partial charge in [0.1, 0.15) is 41.7 Å². The molecule has 3 unspecified atom stereocenters. The van der Waals surface area contributed by atoms with Crippen LogP contribution in [0, 0.1) is 17.3 Å². The Balaban J connectivity index is 1.06. The molecule has 7 aliphatic rings. The van der Waals surface area contributed by atoms with E-state index in [-0.39, 0.29) is 37.5 Å². The van der Waals surface area contributed by atoms with Crippen LogP contribution in [0.15, 0.2) is 36.9 Å². The van der Waals surface area contributed by atoms with Gasteiger partial charge in [-0.3, -0.25) is 24.0 Å². The molecule has 16 heteroatoms. The minimum atomic E-state index is -4.01. The number of benzene rings is 1. The van der Waals surface area contributed by atoms with Gasteiger partial charge in [-0.15, -0.1) is 6.58 Å². The normalized spacial score (nSPS) is 33.8. The highest BCUT2D eigenvalue weighted by molar-refractivity contribution is 7.91. The minimum absolute atomic E-state index is 0.0231. The number of nitrogens with zero attached hydrogens (tertiary/aromatic N) is 3. The van der Waals surface area contributed by atoms with Gasteiger partial charge in [-0.2, -0.15) is 0 Å². The number of hydrogen-bond acceptors (Lipinski definition) is 11. The molecule has 9 atom stereocenters. The second kappa shape index (κ2) is 16.8. The molecule has 348 valence electrons. The molecule has 4 bridgehead atoms. The van der Waals surface area contributed by atoms with Crippen molar-refractivity contribution in [3.63, 3.8) is 0 Å². The average molecular weight is 903 g/mol. The Labute approximate surface area is 377 Å². The summed E-state index contributed by atoms with van der Waals surface area (Å²) in [5, 5.41) is 6.66. The number of amides is 4. The van der Waals surface area contributed by atoms with Gasteiger partial charge in [0.15, 0.2) is 0 Å². The maximum absolute atomic E-state index is 14.9. The van der Waals surface area contributed by atoms with Gasteiger partial charge in [-0.25, -0.2) is 18.2 Å². The smallest absolute Gasteiger partial charge is 0.408 e. The molecule has 1 aromatic heterocycles. The van der Waals surface area contributed by atoms with Crippen molar-refractivity contribution in [3.8, 4) is 11.6 Å². The van der Waals surface area contributed by atoms with Crippen molar-refractivity contribution in [2.45, 2.75) is 177 Å². The van der Waals surface area contributed by atoms with Gasteiger partial charge in [-0.05, 0) is 108 Å². The van der Waals surface area contributed by atoms with E-state index in [1.807, 2.05) is 39.0 Å². The molecule has 5 heterocycles. The molecule has 0 spiro atoms. The van der Waals surface area contributed by atoms with Crippen LogP contribution in [0.25, 0.3) is 10.9 Å². The van der Waals surface area contributed by atoms with Crippen molar-refractivity contribution < 1.29 is 41.8 Å². The first-order valence-electron chi connectivity index (χ1n) is 23.7. The maximum Gasteiger partial charge on any atom is 0.408 e. The van der Waals surface area contributed by atoms with Crippen LogP contribution in [0.4, 0.5) is 4.79 Å². The van der Waals surface area contributed by atoms with Gasteiger partial charge in [0, 0.05) is 29.8 Å². The van der Waals surface area contributed by atoms with Crippen molar-refractivity contribution in [2.75, 3.05) is 13.1 Å². The summed E-state index contributed by atoms with van der Waals surface area (Å²) in [5.74, 6) is -1.08. The lowest BCUT2D eigenvalue weighted by Crippen LogP contribution is -2.60. The molecule has 15 nitrogen and oxygen atoms in total. The number of pyridine rings is 1. The number of carbonyl (C=O) groups is 4. The van der Waals surface area contributed by atoms with Crippen LogP contribution >= 0.6 is 0 Å². The number of para-hydroxylation sites is 1. The second-order valence-corrected chi connectivity index (χ2v) is 23.2. The summed E-state index contributed by atoms with van der Waals surface area (Å²) in [6.45, 7) is 14.2. The predicted octanol–water partition coefficient (Wildman–Crippen LogP) is 5.68. The van der Waals surface area contributed by atoms with Crippen molar-refractivity contribution in [1.82, 2.24) is 30.1 Å². The second-order valence-electron chi connectivity index (χ2n) is 21.0. The number of ether oxygens (including phenoxy) is 3. The number of alkyl carbamates (subject to hydrolysis) is 1. The van der Waals surface area contributed by atoms with Gasteiger partial charge in [0.2, 0.25) is 27.7 Å². The minimum Gasteiger partial charge on any atom is -0.489 e. The molecule has 1 aromatic carbocycles. The first kappa shape index (κ1) is 44.7. The van der Waals surface area contributed by atoms with Crippen LogP contribution in [0.5, 0.6) is 11.6 Å². The fourth-order valence-corrected chi connectivity index (χ4v) is 12.3. The number of aromatic nitrogens is 1. The zero-order valence-corrected chi connectivity index (χ0v) is 38.8. The molecule has 9 rings (SSSR count). The number of hydrogen-bond donors (Lipinski definition) is 3. The lowest BCUT2D eigenvalue weighted by Gasteiger charge is -2.38. The largest absolute Gasteiger partial charge is 0.489 e. The fourth-order valence-electron chi connectivity index (χ4n) is 11.0. The van der Waals surface area contributed by atoms with Crippen LogP contribution < -0.4 is 24.8 Å². The topological polar surface area (TPSA) is 186 Å². The highest BCUT2D eigenvalue weighted by Crippen LogP contribution is 2.48. The zero-order valence-electron chi connectivity index (χ0n) is 38.0. The van der Waals surface area contributed by atoms with Gasteiger partial charge < -0.3 is 29.7 Å². The third-order valence-corrected chi connectivity index (χ3v) is 17.6. The van der Waals surface area contributed by atoms with Crippen molar-refractivity contribution >= 4 is 44.7 Å².